The molecule has 0 aromatic rings. The van der Waals surface area contributed by atoms with E-state index in [4.69, 9.17) is 10.8 Å². The normalized spacial score (nSPS) is 29.4. The van der Waals surface area contributed by atoms with Crippen molar-refractivity contribution in [2.24, 2.45) is 23.0 Å². The molecule has 1 saturated carbocycles. The van der Waals surface area contributed by atoms with Gasteiger partial charge in [-0.15, -0.1) is 0 Å². The first-order valence-electron chi connectivity index (χ1n) is 6.31. The highest BCUT2D eigenvalue weighted by atomic mass is 16.3. The van der Waals surface area contributed by atoms with Crippen molar-refractivity contribution < 1.29 is 5.11 Å². The van der Waals surface area contributed by atoms with E-state index in [0.717, 1.165) is 18.3 Å². The van der Waals surface area contributed by atoms with Crippen LogP contribution in [-0.2, 0) is 0 Å². The Kier molecular flexibility index (Phi) is 4.60. The van der Waals surface area contributed by atoms with Gasteiger partial charge in [0.15, 0.2) is 0 Å². The highest BCUT2D eigenvalue weighted by Gasteiger charge is 2.35. The molecule has 3 atom stereocenters. The van der Waals surface area contributed by atoms with Crippen LogP contribution >= 0.6 is 0 Å². The third-order valence-corrected chi connectivity index (χ3v) is 3.91. The Morgan fingerprint density at radius 3 is 2.53 bits per heavy atom. The summed E-state index contributed by atoms with van der Waals surface area (Å²) in [5, 5.41) is 8.91. The minimum absolute atomic E-state index is 0.00813. The molecule has 2 heteroatoms. The van der Waals surface area contributed by atoms with Crippen LogP contribution in [0.5, 0.6) is 0 Å². The van der Waals surface area contributed by atoms with Gasteiger partial charge in [-0.25, -0.2) is 0 Å². The molecule has 15 heavy (non-hydrogen) atoms. The Bertz CT molecular complexity index is 185. The lowest BCUT2D eigenvalue weighted by molar-refractivity contribution is 0.169. The molecule has 0 aliphatic heterocycles. The van der Waals surface area contributed by atoms with Gasteiger partial charge >= 0.3 is 0 Å². The second kappa shape index (κ2) is 5.31. The lowest BCUT2D eigenvalue weighted by Crippen LogP contribution is -2.28. The van der Waals surface area contributed by atoms with Crippen molar-refractivity contribution in [2.75, 3.05) is 6.61 Å². The van der Waals surface area contributed by atoms with Crippen molar-refractivity contribution in [3.8, 4) is 0 Å². The highest BCUT2D eigenvalue weighted by Crippen LogP contribution is 2.45. The van der Waals surface area contributed by atoms with Crippen molar-refractivity contribution in [3.63, 3.8) is 0 Å². The molecule has 0 bridgehead atoms. The molecule has 3 N–H and O–H groups in total. The lowest BCUT2D eigenvalue weighted by atomic mass is 9.73. The summed E-state index contributed by atoms with van der Waals surface area (Å²) in [4.78, 5) is 0. The molecule has 1 aliphatic rings. The van der Waals surface area contributed by atoms with Gasteiger partial charge < -0.3 is 10.8 Å². The lowest BCUT2D eigenvalue weighted by Gasteiger charge is -2.32. The van der Waals surface area contributed by atoms with E-state index in [1.165, 1.54) is 25.7 Å². The molecule has 2 nitrogen and oxygen atoms in total. The van der Waals surface area contributed by atoms with Crippen LogP contribution in [0.15, 0.2) is 0 Å². The number of rotatable bonds is 4. The SMILES string of the molecule is CC(C)(C)C1CCCC1CCC(N)CO. The van der Waals surface area contributed by atoms with Crippen LogP contribution in [-0.4, -0.2) is 17.8 Å². The van der Waals surface area contributed by atoms with Crippen molar-refractivity contribution in [3.05, 3.63) is 0 Å². The predicted molar refractivity (Wildman–Crippen MR) is 64.6 cm³/mol. The fourth-order valence-corrected chi connectivity index (χ4v) is 3.04. The molecule has 0 saturated heterocycles. The smallest absolute Gasteiger partial charge is 0.0582 e. The Hall–Kier alpha value is -0.0800. The molecule has 1 rings (SSSR count). The maximum atomic E-state index is 8.91. The monoisotopic (exact) mass is 213 g/mol. The van der Waals surface area contributed by atoms with Crippen LogP contribution in [0, 0.1) is 17.3 Å². The minimum atomic E-state index is -0.00813. The van der Waals surface area contributed by atoms with Crippen LogP contribution in [0.25, 0.3) is 0 Å². The molecule has 0 radical (unpaired) electrons. The number of aliphatic hydroxyl groups is 1. The number of hydrogen-bond acceptors (Lipinski definition) is 2. The van der Waals surface area contributed by atoms with Gasteiger partial charge in [0, 0.05) is 6.04 Å². The molecular formula is C13H27NO. The Morgan fingerprint density at radius 1 is 1.33 bits per heavy atom. The van der Waals surface area contributed by atoms with Crippen LogP contribution in [0.3, 0.4) is 0 Å². The summed E-state index contributed by atoms with van der Waals surface area (Å²) in [6, 6.07) is -0.00813. The Balaban J connectivity index is 2.40. The van der Waals surface area contributed by atoms with Gasteiger partial charge in [-0.05, 0) is 36.5 Å². The topological polar surface area (TPSA) is 46.2 Å². The van der Waals surface area contributed by atoms with Gasteiger partial charge in [-0.2, -0.15) is 0 Å². The maximum absolute atomic E-state index is 8.91. The largest absolute Gasteiger partial charge is 0.395 e. The van der Waals surface area contributed by atoms with E-state index < -0.39 is 0 Å². The predicted octanol–water partition coefficient (Wildman–Crippen LogP) is 2.55. The summed E-state index contributed by atoms with van der Waals surface area (Å²) in [5.74, 6) is 1.69. The third-order valence-electron chi connectivity index (χ3n) is 3.91. The van der Waals surface area contributed by atoms with E-state index in [9.17, 15) is 0 Å². The second-order valence-electron chi connectivity index (χ2n) is 6.18. The van der Waals surface area contributed by atoms with Crippen molar-refractivity contribution >= 4 is 0 Å². The molecule has 3 unspecified atom stereocenters. The summed E-state index contributed by atoms with van der Waals surface area (Å²) < 4.78 is 0. The zero-order valence-corrected chi connectivity index (χ0v) is 10.5. The van der Waals surface area contributed by atoms with Gasteiger partial charge in [-0.1, -0.05) is 33.6 Å². The van der Waals surface area contributed by atoms with Crippen molar-refractivity contribution in [1.82, 2.24) is 0 Å². The summed E-state index contributed by atoms with van der Waals surface area (Å²) in [6.45, 7) is 7.18. The summed E-state index contributed by atoms with van der Waals surface area (Å²) in [7, 11) is 0. The number of aliphatic hydroxyl groups excluding tert-OH is 1. The van der Waals surface area contributed by atoms with E-state index in [2.05, 4.69) is 20.8 Å². The second-order valence-corrected chi connectivity index (χ2v) is 6.18. The zero-order valence-electron chi connectivity index (χ0n) is 10.5. The Morgan fingerprint density at radius 2 is 2.00 bits per heavy atom. The molecule has 90 valence electrons. The van der Waals surface area contributed by atoms with E-state index in [1.54, 1.807) is 0 Å². The first-order chi connectivity index (χ1) is 6.95. The first-order valence-corrected chi connectivity index (χ1v) is 6.31. The maximum Gasteiger partial charge on any atom is 0.0582 e. The first kappa shape index (κ1) is 13.0. The highest BCUT2D eigenvalue weighted by molar-refractivity contribution is 4.86. The van der Waals surface area contributed by atoms with E-state index >= 15 is 0 Å². The van der Waals surface area contributed by atoms with E-state index in [-0.39, 0.29) is 12.6 Å². The number of nitrogens with two attached hydrogens (primary N) is 1. The van der Waals surface area contributed by atoms with E-state index in [1.807, 2.05) is 0 Å². The fraction of sp³-hybridized carbons (Fsp3) is 1.00. The van der Waals surface area contributed by atoms with Crippen molar-refractivity contribution in [2.45, 2.75) is 58.9 Å². The van der Waals surface area contributed by atoms with Crippen LogP contribution < -0.4 is 5.73 Å². The average molecular weight is 213 g/mol. The van der Waals surface area contributed by atoms with Gasteiger partial charge in [0.05, 0.1) is 6.61 Å². The summed E-state index contributed by atoms with van der Waals surface area (Å²) in [5.41, 5.74) is 6.19. The molecule has 0 heterocycles. The number of hydrogen-bond donors (Lipinski definition) is 2. The van der Waals surface area contributed by atoms with Gasteiger partial charge in [0.1, 0.15) is 0 Å². The van der Waals surface area contributed by atoms with Crippen LogP contribution in [0.1, 0.15) is 52.9 Å². The Labute approximate surface area is 94.2 Å². The van der Waals surface area contributed by atoms with Gasteiger partial charge in [-0.3, -0.25) is 0 Å². The third kappa shape index (κ3) is 3.76. The van der Waals surface area contributed by atoms with Crippen LogP contribution in [0.4, 0.5) is 0 Å². The molecule has 0 aromatic carbocycles. The van der Waals surface area contributed by atoms with Crippen LogP contribution in [0.2, 0.25) is 0 Å². The van der Waals surface area contributed by atoms with Crippen molar-refractivity contribution in [1.29, 1.82) is 0 Å². The quantitative estimate of drug-likeness (QED) is 0.754. The minimum Gasteiger partial charge on any atom is -0.395 e. The standard InChI is InChI=1S/C13H27NO/c1-13(2,3)12-6-4-5-10(12)7-8-11(14)9-15/h10-12,15H,4-9,14H2,1-3H3. The molecule has 1 fully saturated rings. The average Bonchev–Trinajstić information content (AvgIpc) is 2.61. The summed E-state index contributed by atoms with van der Waals surface area (Å²) in [6.07, 6.45) is 6.29. The molecular weight excluding hydrogens is 186 g/mol. The zero-order chi connectivity index (χ0) is 11.5. The fourth-order valence-electron chi connectivity index (χ4n) is 3.04. The molecule has 1 aliphatic carbocycles. The van der Waals surface area contributed by atoms with Gasteiger partial charge in [0.25, 0.3) is 0 Å². The van der Waals surface area contributed by atoms with E-state index in [0.29, 0.717) is 5.41 Å². The van der Waals surface area contributed by atoms with Gasteiger partial charge in [0.2, 0.25) is 0 Å². The molecule has 0 amide bonds. The summed E-state index contributed by atoms with van der Waals surface area (Å²) >= 11 is 0. The molecule has 0 spiro atoms. The molecule has 0 aromatic heterocycles.